The maximum atomic E-state index is 12.7. The summed E-state index contributed by atoms with van der Waals surface area (Å²) in [6.45, 7) is 2.22. The molecule has 7 aliphatic rings. The van der Waals surface area contributed by atoms with Crippen molar-refractivity contribution in [2.75, 3.05) is 0 Å². The number of hydrogen-bond acceptors (Lipinski definition) is 1. The third-order valence-corrected chi connectivity index (χ3v) is 7.35. The summed E-state index contributed by atoms with van der Waals surface area (Å²) in [5.74, 6) is 4.59. The van der Waals surface area contributed by atoms with Gasteiger partial charge in [0.25, 0.3) is 0 Å². The molecule has 4 saturated carbocycles. The van der Waals surface area contributed by atoms with E-state index in [0.29, 0.717) is 29.5 Å². The van der Waals surface area contributed by atoms with Crippen molar-refractivity contribution in [1.29, 1.82) is 0 Å². The molecule has 0 aromatic carbocycles. The highest BCUT2D eigenvalue weighted by atomic mass is 16.1. The molecule has 0 heterocycles. The Balaban J connectivity index is 1.86. The summed E-state index contributed by atoms with van der Waals surface area (Å²) in [5, 5.41) is 0. The van der Waals surface area contributed by atoms with Crippen molar-refractivity contribution >= 4 is 5.78 Å². The zero-order chi connectivity index (χ0) is 11.2. The summed E-state index contributed by atoms with van der Waals surface area (Å²) >= 11 is 0. The summed E-state index contributed by atoms with van der Waals surface area (Å²) in [5.41, 5.74) is 1.63. The zero-order valence-corrected chi connectivity index (χ0v) is 9.76. The van der Waals surface area contributed by atoms with Crippen molar-refractivity contribution in [2.45, 2.75) is 6.92 Å². The molecule has 84 valence electrons. The first kappa shape index (κ1) is 8.07. The Morgan fingerprint density at radius 1 is 0.882 bits per heavy atom. The van der Waals surface area contributed by atoms with Gasteiger partial charge in [-0.3, -0.25) is 4.79 Å². The second kappa shape index (κ2) is 1.81. The second-order valence-electron chi connectivity index (χ2n) is 6.96. The first-order valence-electron chi connectivity index (χ1n) is 6.85. The fraction of sp³-hybridized carbons (Fsp3) is 0.562. The van der Waals surface area contributed by atoms with Crippen LogP contribution in [-0.2, 0) is 4.79 Å². The standard InChI is InChI=1S/C16H14O/c1-7-6-12(17)16-10-4-2-8-13(10)14-9(15(7,8)16)3-5-11(14)16/h2-6,8-11,13-14H,1H3/t8-,9-,10-,11+,13+,14+,15?,16?/m0/s1. The van der Waals surface area contributed by atoms with Gasteiger partial charge in [-0.05, 0) is 48.5 Å². The van der Waals surface area contributed by atoms with E-state index in [1.807, 2.05) is 6.08 Å². The van der Waals surface area contributed by atoms with E-state index in [2.05, 4.69) is 31.2 Å². The molecule has 0 aliphatic heterocycles. The van der Waals surface area contributed by atoms with Crippen LogP contribution in [0.25, 0.3) is 0 Å². The minimum absolute atomic E-state index is 0.00868. The molecule has 1 nitrogen and oxygen atoms in total. The number of carbonyl (C=O) groups is 1. The van der Waals surface area contributed by atoms with Gasteiger partial charge in [0, 0.05) is 5.41 Å². The lowest BCUT2D eigenvalue weighted by Gasteiger charge is -2.48. The second-order valence-corrected chi connectivity index (χ2v) is 6.96. The van der Waals surface area contributed by atoms with E-state index in [1.54, 1.807) is 0 Å². The number of carbonyl (C=O) groups excluding carboxylic acids is 1. The Labute approximate surface area is 100 Å². The molecular weight excluding hydrogens is 208 g/mol. The van der Waals surface area contributed by atoms with Crippen molar-refractivity contribution in [2.24, 2.45) is 46.3 Å². The van der Waals surface area contributed by atoms with Gasteiger partial charge in [-0.2, -0.15) is 0 Å². The summed E-state index contributed by atoms with van der Waals surface area (Å²) in [6.07, 6.45) is 11.7. The van der Waals surface area contributed by atoms with E-state index < -0.39 is 0 Å². The Morgan fingerprint density at radius 2 is 1.35 bits per heavy atom. The molecule has 7 aliphatic carbocycles. The number of allylic oxidation sites excluding steroid dienone is 6. The summed E-state index contributed by atoms with van der Waals surface area (Å²) in [6, 6.07) is 0. The van der Waals surface area contributed by atoms with E-state index >= 15 is 0 Å². The Bertz CT molecular complexity index is 573. The van der Waals surface area contributed by atoms with Crippen LogP contribution in [0.5, 0.6) is 0 Å². The van der Waals surface area contributed by atoms with Crippen LogP contribution >= 0.6 is 0 Å². The number of hydrogen-bond donors (Lipinski definition) is 0. The smallest absolute Gasteiger partial charge is 0.163 e. The van der Waals surface area contributed by atoms with Gasteiger partial charge in [0.2, 0.25) is 0 Å². The van der Waals surface area contributed by atoms with Gasteiger partial charge in [0.15, 0.2) is 5.78 Å². The van der Waals surface area contributed by atoms with E-state index in [1.165, 1.54) is 5.57 Å². The molecule has 2 unspecified atom stereocenters. The normalized spacial score (nSPS) is 69.9. The number of ketones is 1. The van der Waals surface area contributed by atoms with Crippen LogP contribution < -0.4 is 0 Å². The summed E-state index contributed by atoms with van der Waals surface area (Å²) in [7, 11) is 0. The topological polar surface area (TPSA) is 17.1 Å². The van der Waals surface area contributed by atoms with Gasteiger partial charge in [0.05, 0.1) is 5.41 Å². The SMILES string of the molecule is CC1=CC(=O)C23[C@@H]4C=C[C@H]5[C@H]4[C@H]4[C@@H]2C=C[C@@H]4C153. The summed E-state index contributed by atoms with van der Waals surface area (Å²) < 4.78 is 0. The number of rotatable bonds is 0. The maximum Gasteiger partial charge on any atom is 0.163 e. The molecule has 8 atom stereocenters. The maximum absolute atomic E-state index is 12.7. The van der Waals surface area contributed by atoms with Gasteiger partial charge in [0.1, 0.15) is 0 Å². The highest BCUT2D eigenvalue weighted by Gasteiger charge is 2.91. The van der Waals surface area contributed by atoms with Crippen molar-refractivity contribution in [1.82, 2.24) is 0 Å². The third kappa shape index (κ3) is 0.408. The molecule has 4 fully saturated rings. The van der Waals surface area contributed by atoms with Crippen LogP contribution in [0, 0.1) is 46.3 Å². The molecule has 1 heteroatoms. The van der Waals surface area contributed by atoms with E-state index in [0.717, 1.165) is 11.8 Å². The van der Waals surface area contributed by atoms with E-state index in [4.69, 9.17) is 0 Å². The Kier molecular flexibility index (Phi) is 0.857. The lowest BCUT2D eigenvalue weighted by molar-refractivity contribution is -0.130. The molecular formula is C16H14O. The lowest BCUT2D eigenvalue weighted by Crippen LogP contribution is -2.49. The van der Waals surface area contributed by atoms with Crippen molar-refractivity contribution in [3.8, 4) is 0 Å². The molecule has 0 amide bonds. The monoisotopic (exact) mass is 222 g/mol. The van der Waals surface area contributed by atoms with Crippen LogP contribution in [0.1, 0.15) is 6.92 Å². The van der Waals surface area contributed by atoms with Crippen molar-refractivity contribution in [3.63, 3.8) is 0 Å². The molecule has 2 spiro atoms. The van der Waals surface area contributed by atoms with Gasteiger partial charge >= 0.3 is 0 Å². The molecule has 0 N–H and O–H groups in total. The van der Waals surface area contributed by atoms with Crippen LogP contribution in [-0.4, -0.2) is 5.78 Å². The van der Waals surface area contributed by atoms with Crippen LogP contribution in [0.15, 0.2) is 36.0 Å². The van der Waals surface area contributed by atoms with Gasteiger partial charge in [-0.15, -0.1) is 0 Å². The first-order valence-corrected chi connectivity index (χ1v) is 6.85. The van der Waals surface area contributed by atoms with E-state index in [-0.39, 0.29) is 10.8 Å². The van der Waals surface area contributed by atoms with Crippen LogP contribution in [0.4, 0.5) is 0 Å². The highest BCUT2D eigenvalue weighted by Crippen LogP contribution is 2.92. The quantitative estimate of drug-likeness (QED) is 0.575. The predicted octanol–water partition coefficient (Wildman–Crippen LogP) is 2.37. The largest absolute Gasteiger partial charge is 0.294 e. The molecule has 0 aromatic heterocycles. The van der Waals surface area contributed by atoms with Gasteiger partial charge in [-0.1, -0.05) is 29.9 Å². The van der Waals surface area contributed by atoms with Crippen LogP contribution in [0.2, 0.25) is 0 Å². The first-order chi connectivity index (χ1) is 8.25. The average Bonchev–Trinajstić information content (AvgIpc) is 3.06. The lowest BCUT2D eigenvalue weighted by atomic mass is 9.53. The van der Waals surface area contributed by atoms with Crippen molar-refractivity contribution in [3.05, 3.63) is 36.0 Å². The Hall–Kier alpha value is -1.11. The molecule has 7 rings (SSSR count). The zero-order valence-electron chi connectivity index (χ0n) is 9.76. The van der Waals surface area contributed by atoms with E-state index in [9.17, 15) is 4.79 Å². The van der Waals surface area contributed by atoms with Gasteiger partial charge < -0.3 is 0 Å². The molecule has 8 bridgehead atoms. The minimum Gasteiger partial charge on any atom is -0.294 e. The predicted molar refractivity (Wildman–Crippen MR) is 62.9 cm³/mol. The minimum atomic E-state index is -0.00868. The molecule has 17 heavy (non-hydrogen) atoms. The molecule has 0 radical (unpaired) electrons. The fourth-order valence-electron chi connectivity index (χ4n) is 7.59. The average molecular weight is 222 g/mol. The Morgan fingerprint density at radius 3 is 1.82 bits per heavy atom. The summed E-state index contributed by atoms with van der Waals surface area (Å²) in [4.78, 5) is 12.7. The molecule has 0 saturated heterocycles. The molecule has 0 aromatic rings. The third-order valence-electron chi connectivity index (χ3n) is 7.35. The van der Waals surface area contributed by atoms with Gasteiger partial charge in [-0.25, -0.2) is 0 Å². The van der Waals surface area contributed by atoms with Crippen LogP contribution in [0.3, 0.4) is 0 Å². The highest BCUT2D eigenvalue weighted by molar-refractivity contribution is 6.03. The fourth-order valence-corrected chi connectivity index (χ4v) is 7.59. The van der Waals surface area contributed by atoms with Crippen molar-refractivity contribution < 1.29 is 4.79 Å².